The molecule has 2 aromatic carbocycles. The summed E-state index contributed by atoms with van der Waals surface area (Å²) in [4.78, 5) is 22.1. The lowest BCUT2D eigenvalue weighted by molar-refractivity contribution is -0.131. The second-order valence-corrected chi connectivity index (χ2v) is 7.34. The fourth-order valence-electron chi connectivity index (χ4n) is 2.46. The monoisotopic (exact) mass is 420 g/mol. The molecule has 0 bridgehead atoms. The van der Waals surface area contributed by atoms with Crippen LogP contribution in [0.2, 0.25) is 0 Å². The summed E-state index contributed by atoms with van der Waals surface area (Å²) in [5.41, 5.74) is 0.890. The fraction of sp³-hybridized carbons (Fsp3) is 0.158. The van der Waals surface area contributed by atoms with Gasteiger partial charge in [0.05, 0.1) is 14.2 Å². The van der Waals surface area contributed by atoms with Gasteiger partial charge < -0.3 is 19.9 Å². The molecule has 0 aliphatic heterocycles. The van der Waals surface area contributed by atoms with E-state index in [-0.39, 0.29) is 28.0 Å². The van der Waals surface area contributed by atoms with Crippen molar-refractivity contribution in [2.24, 2.45) is 0 Å². The molecule has 10 heteroatoms. The number of nitrogens with one attached hydrogen (secondary N) is 2. The molecule has 0 aliphatic carbocycles. The van der Waals surface area contributed by atoms with Gasteiger partial charge in [0, 0.05) is 24.4 Å². The van der Waals surface area contributed by atoms with Crippen LogP contribution < -0.4 is 19.5 Å². The summed E-state index contributed by atoms with van der Waals surface area (Å²) in [6.45, 7) is 0. The lowest BCUT2D eigenvalue weighted by Gasteiger charge is -2.15. The minimum atomic E-state index is -4.13. The van der Waals surface area contributed by atoms with Gasteiger partial charge in [0.2, 0.25) is 0 Å². The van der Waals surface area contributed by atoms with E-state index in [0.29, 0.717) is 11.1 Å². The molecule has 9 nitrogen and oxygen atoms in total. The first-order valence-electron chi connectivity index (χ1n) is 8.23. The normalized spacial score (nSPS) is 11.1. The maximum Gasteiger partial charge on any atom is 0.328 e. The molecule has 2 aromatic rings. The van der Waals surface area contributed by atoms with Crippen LogP contribution in [0.5, 0.6) is 11.5 Å². The smallest absolute Gasteiger partial charge is 0.328 e. The molecular weight excluding hydrogens is 400 g/mol. The Hall–Kier alpha value is -3.53. The quantitative estimate of drug-likeness (QED) is 0.556. The zero-order valence-corrected chi connectivity index (χ0v) is 16.7. The van der Waals surface area contributed by atoms with Crippen molar-refractivity contribution in [2.45, 2.75) is 4.90 Å². The highest BCUT2D eigenvalue weighted by molar-refractivity contribution is 7.92. The number of benzene rings is 2. The standard InChI is InChI=1S/C19H20N2O7S/c1-20-19(24)13-5-7-14(8-6-13)21-29(25,26)16-11-12(4-9-17(22)23)10-15(27-2)18(16)28-3/h4-11,21H,1-3H3,(H,20,24)(H,22,23)/b9-4+. The molecule has 0 saturated carbocycles. The molecular formula is C19H20N2O7S. The second kappa shape index (κ2) is 9.11. The zero-order valence-electron chi connectivity index (χ0n) is 15.9. The van der Waals surface area contributed by atoms with E-state index in [1.54, 1.807) is 0 Å². The van der Waals surface area contributed by atoms with Crippen LogP contribution >= 0.6 is 0 Å². The summed E-state index contributed by atoms with van der Waals surface area (Å²) in [7, 11) is -0.00417. The van der Waals surface area contributed by atoms with E-state index in [1.807, 2.05) is 0 Å². The molecule has 0 fully saturated rings. The Morgan fingerprint density at radius 2 is 1.72 bits per heavy atom. The van der Waals surface area contributed by atoms with Crippen molar-refractivity contribution in [3.05, 3.63) is 53.6 Å². The summed E-state index contributed by atoms with van der Waals surface area (Å²) in [6.07, 6.45) is 2.12. The van der Waals surface area contributed by atoms with Gasteiger partial charge in [0.25, 0.3) is 15.9 Å². The van der Waals surface area contributed by atoms with Gasteiger partial charge in [0.15, 0.2) is 11.5 Å². The maximum atomic E-state index is 12.9. The molecule has 0 saturated heterocycles. The van der Waals surface area contributed by atoms with Gasteiger partial charge in [-0.2, -0.15) is 0 Å². The molecule has 0 spiro atoms. The number of rotatable bonds is 8. The zero-order chi connectivity index (χ0) is 21.6. The maximum absolute atomic E-state index is 12.9. The number of sulfonamides is 1. The summed E-state index contributed by atoms with van der Waals surface area (Å²) < 4.78 is 38.7. The number of anilines is 1. The third-order valence-electron chi connectivity index (χ3n) is 3.80. The van der Waals surface area contributed by atoms with Crippen LogP contribution in [-0.2, 0) is 14.8 Å². The Kier molecular flexibility index (Phi) is 6.84. The Bertz CT molecular complexity index is 1040. The summed E-state index contributed by atoms with van der Waals surface area (Å²) in [5, 5.41) is 11.3. The van der Waals surface area contributed by atoms with Crippen LogP contribution in [0.15, 0.2) is 47.4 Å². The molecule has 0 unspecified atom stereocenters. The third kappa shape index (κ3) is 5.26. The number of hydrogen-bond acceptors (Lipinski definition) is 6. The second-order valence-electron chi connectivity index (χ2n) is 5.69. The van der Waals surface area contributed by atoms with Gasteiger partial charge >= 0.3 is 5.97 Å². The minimum Gasteiger partial charge on any atom is -0.493 e. The number of carboxylic acid groups (broad SMARTS) is 1. The number of methoxy groups -OCH3 is 2. The number of carboxylic acids is 1. The minimum absolute atomic E-state index is 0.0329. The highest BCUT2D eigenvalue weighted by Gasteiger charge is 2.24. The molecule has 3 N–H and O–H groups in total. The van der Waals surface area contributed by atoms with Crippen LogP contribution in [0, 0.1) is 0 Å². The Balaban J connectivity index is 2.48. The average Bonchev–Trinajstić information content (AvgIpc) is 2.71. The lowest BCUT2D eigenvalue weighted by Crippen LogP contribution is -2.18. The molecule has 1 amide bonds. The van der Waals surface area contributed by atoms with Crippen molar-refractivity contribution < 1.29 is 32.6 Å². The van der Waals surface area contributed by atoms with E-state index in [9.17, 15) is 18.0 Å². The molecule has 0 heterocycles. The molecule has 2 rings (SSSR count). The number of ether oxygens (including phenoxy) is 2. The van der Waals surface area contributed by atoms with E-state index in [1.165, 1.54) is 63.7 Å². The van der Waals surface area contributed by atoms with Gasteiger partial charge in [-0.1, -0.05) is 0 Å². The molecule has 0 atom stereocenters. The van der Waals surface area contributed by atoms with Crippen LogP contribution in [0.25, 0.3) is 6.08 Å². The Morgan fingerprint density at radius 3 is 2.24 bits per heavy atom. The SMILES string of the molecule is CNC(=O)c1ccc(NS(=O)(=O)c2cc(/C=C/C(=O)O)cc(OC)c2OC)cc1. The average molecular weight is 420 g/mol. The van der Waals surface area contributed by atoms with Gasteiger partial charge in [-0.15, -0.1) is 0 Å². The lowest BCUT2D eigenvalue weighted by atomic mass is 10.2. The van der Waals surface area contributed by atoms with Crippen molar-refractivity contribution in [2.75, 3.05) is 26.0 Å². The van der Waals surface area contributed by atoms with Crippen molar-refractivity contribution in [1.29, 1.82) is 0 Å². The summed E-state index contributed by atoms with van der Waals surface area (Å²) in [6, 6.07) is 8.55. The van der Waals surface area contributed by atoms with Crippen LogP contribution in [0.3, 0.4) is 0 Å². The van der Waals surface area contributed by atoms with Crippen molar-refractivity contribution >= 4 is 33.7 Å². The Morgan fingerprint density at radius 1 is 1.07 bits per heavy atom. The first-order valence-corrected chi connectivity index (χ1v) is 9.72. The van der Waals surface area contributed by atoms with Gasteiger partial charge in [0.1, 0.15) is 4.90 Å². The number of amides is 1. The molecule has 0 aromatic heterocycles. The first-order chi connectivity index (χ1) is 13.7. The first kappa shape index (κ1) is 21.8. The molecule has 154 valence electrons. The van der Waals surface area contributed by atoms with Crippen molar-refractivity contribution in [1.82, 2.24) is 5.32 Å². The van der Waals surface area contributed by atoms with E-state index in [2.05, 4.69) is 10.0 Å². The van der Waals surface area contributed by atoms with E-state index >= 15 is 0 Å². The highest BCUT2D eigenvalue weighted by atomic mass is 32.2. The van der Waals surface area contributed by atoms with Gasteiger partial charge in [-0.05, 0) is 48.0 Å². The largest absolute Gasteiger partial charge is 0.493 e. The van der Waals surface area contributed by atoms with Gasteiger partial charge in [-0.3, -0.25) is 9.52 Å². The predicted octanol–water partition coefficient (Wildman–Crippen LogP) is 1.96. The van der Waals surface area contributed by atoms with E-state index in [0.717, 1.165) is 6.08 Å². The summed E-state index contributed by atoms with van der Waals surface area (Å²) >= 11 is 0. The van der Waals surface area contributed by atoms with E-state index < -0.39 is 16.0 Å². The van der Waals surface area contributed by atoms with Crippen LogP contribution in [-0.4, -0.2) is 46.7 Å². The fourth-order valence-corrected chi connectivity index (χ4v) is 3.73. The highest BCUT2D eigenvalue weighted by Crippen LogP contribution is 2.36. The van der Waals surface area contributed by atoms with E-state index in [4.69, 9.17) is 14.6 Å². The van der Waals surface area contributed by atoms with Crippen LogP contribution in [0.4, 0.5) is 5.69 Å². The molecule has 0 aliphatic rings. The molecule has 0 radical (unpaired) electrons. The van der Waals surface area contributed by atoms with Crippen LogP contribution in [0.1, 0.15) is 15.9 Å². The third-order valence-corrected chi connectivity index (χ3v) is 5.19. The Labute approximate surface area is 168 Å². The molecule has 29 heavy (non-hydrogen) atoms. The number of carbonyl (C=O) groups is 2. The number of carbonyl (C=O) groups excluding carboxylic acids is 1. The summed E-state index contributed by atoms with van der Waals surface area (Å²) in [5.74, 6) is -1.40. The predicted molar refractivity (Wildman–Crippen MR) is 107 cm³/mol. The topological polar surface area (TPSA) is 131 Å². The number of hydrogen-bond donors (Lipinski definition) is 3. The van der Waals surface area contributed by atoms with Gasteiger partial charge in [-0.25, -0.2) is 13.2 Å². The van der Waals surface area contributed by atoms with Crippen molar-refractivity contribution in [3.8, 4) is 11.5 Å². The van der Waals surface area contributed by atoms with Crippen molar-refractivity contribution in [3.63, 3.8) is 0 Å². The number of aliphatic carboxylic acids is 1.